The van der Waals surface area contributed by atoms with Crippen molar-refractivity contribution in [2.75, 3.05) is 14.1 Å². The second kappa shape index (κ2) is 5.82. The van der Waals surface area contributed by atoms with E-state index in [9.17, 15) is 4.79 Å². The fraction of sp³-hybridized carbons (Fsp3) is 0.316. The Kier molecular flexibility index (Phi) is 3.89. The number of benzene rings is 2. The Morgan fingerprint density at radius 1 is 1.00 bits per heavy atom. The summed E-state index contributed by atoms with van der Waals surface area (Å²) in [5.74, 6) is 0.294. The van der Waals surface area contributed by atoms with Crippen LogP contribution in [0.1, 0.15) is 34.3 Å². The van der Waals surface area contributed by atoms with Crippen molar-refractivity contribution in [2.24, 2.45) is 0 Å². The molecule has 0 amide bonds. The molecule has 0 saturated heterocycles. The molecule has 21 heavy (non-hydrogen) atoms. The number of rotatable bonds is 3. The lowest BCUT2D eigenvalue weighted by molar-refractivity contribution is 0.0972. The molecule has 0 fully saturated rings. The predicted octanol–water partition coefficient (Wildman–Crippen LogP) is 3.93. The highest BCUT2D eigenvalue weighted by Gasteiger charge is 2.17. The third kappa shape index (κ3) is 3.06. The first-order chi connectivity index (χ1) is 10.1. The fourth-order valence-corrected chi connectivity index (χ4v) is 3.02. The van der Waals surface area contributed by atoms with Crippen molar-refractivity contribution < 1.29 is 4.79 Å². The lowest BCUT2D eigenvalue weighted by Crippen LogP contribution is -2.11. The van der Waals surface area contributed by atoms with E-state index in [0.717, 1.165) is 30.5 Å². The molecule has 0 bridgehead atoms. The first kappa shape index (κ1) is 14.0. The molecule has 0 aromatic heterocycles. The maximum Gasteiger partial charge on any atom is 0.163 e. The number of carbonyl (C=O) groups is 1. The Labute approximate surface area is 126 Å². The molecule has 0 N–H and O–H groups in total. The van der Waals surface area contributed by atoms with Gasteiger partial charge in [-0.15, -0.1) is 0 Å². The molecule has 2 aromatic carbocycles. The van der Waals surface area contributed by atoms with Gasteiger partial charge < -0.3 is 4.90 Å². The summed E-state index contributed by atoms with van der Waals surface area (Å²) in [6.45, 7) is 0.928. The number of nitrogens with zero attached hydrogens (tertiary/aromatic N) is 1. The summed E-state index contributed by atoms with van der Waals surface area (Å²) in [7, 11) is 4.15. The van der Waals surface area contributed by atoms with Crippen molar-refractivity contribution in [1.29, 1.82) is 0 Å². The number of fused-ring (bicyclic) bond motifs is 1. The van der Waals surface area contributed by atoms with E-state index in [2.05, 4.69) is 61.5 Å². The van der Waals surface area contributed by atoms with Crippen LogP contribution in [0.5, 0.6) is 0 Å². The Morgan fingerprint density at radius 2 is 1.81 bits per heavy atom. The van der Waals surface area contributed by atoms with Gasteiger partial charge >= 0.3 is 0 Å². The largest absolute Gasteiger partial charge is 0.305 e. The van der Waals surface area contributed by atoms with Gasteiger partial charge in [-0.05, 0) is 61.3 Å². The van der Waals surface area contributed by atoms with Gasteiger partial charge in [-0.25, -0.2) is 0 Å². The summed E-state index contributed by atoms with van der Waals surface area (Å²) < 4.78 is 0. The van der Waals surface area contributed by atoms with Crippen molar-refractivity contribution in [3.8, 4) is 11.1 Å². The van der Waals surface area contributed by atoms with Crippen LogP contribution >= 0.6 is 0 Å². The molecule has 0 unspecified atom stereocenters. The molecule has 1 aliphatic carbocycles. The number of aryl methyl sites for hydroxylation is 1. The molecule has 1 aliphatic rings. The van der Waals surface area contributed by atoms with Crippen LogP contribution in [0.25, 0.3) is 11.1 Å². The third-order valence-electron chi connectivity index (χ3n) is 4.02. The zero-order valence-electron chi connectivity index (χ0n) is 12.7. The zero-order chi connectivity index (χ0) is 14.8. The van der Waals surface area contributed by atoms with Gasteiger partial charge in [-0.3, -0.25) is 4.79 Å². The Hall–Kier alpha value is -1.93. The number of hydrogen-bond acceptors (Lipinski definition) is 2. The van der Waals surface area contributed by atoms with Crippen LogP contribution in [0, 0.1) is 0 Å². The molecule has 0 saturated carbocycles. The maximum absolute atomic E-state index is 12.1. The van der Waals surface area contributed by atoms with Crippen LogP contribution in [0.2, 0.25) is 0 Å². The van der Waals surface area contributed by atoms with Crippen LogP contribution < -0.4 is 0 Å². The Bertz CT molecular complexity index is 673. The van der Waals surface area contributed by atoms with Gasteiger partial charge in [0.25, 0.3) is 0 Å². The number of hydrogen-bond donors (Lipinski definition) is 0. The molecule has 0 atom stereocenters. The summed E-state index contributed by atoms with van der Waals surface area (Å²) in [5.41, 5.74) is 5.76. The summed E-state index contributed by atoms with van der Waals surface area (Å²) in [6, 6.07) is 14.9. The monoisotopic (exact) mass is 279 g/mol. The highest BCUT2D eigenvalue weighted by molar-refractivity contribution is 5.99. The van der Waals surface area contributed by atoms with Gasteiger partial charge in [0.15, 0.2) is 5.78 Å². The minimum absolute atomic E-state index is 0.294. The summed E-state index contributed by atoms with van der Waals surface area (Å²) in [4.78, 5) is 14.2. The van der Waals surface area contributed by atoms with Crippen LogP contribution in [-0.4, -0.2) is 24.8 Å². The quantitative estimate of drug-likeness (QED) is 0.848. The van der Waals surface area contributed by atoms with Crippen molar-refractivity contribution in [1.82, 2.24) is 4.90 Å². The van der Waals surface area contributed by atoms with E-state index < -0.39 is 0 Å². The summed E-state index contributed by atoms with van der Waals surface area (Å²) >= 11 is 0. The normalized spacial score (nSPS) is 14.3. The molecule has 108 valence electrons. The first-order valence-electron chi connectivity index (χ1n) is 7.53. The maximum atomic E-state index is 12.1. The topological polar surface area (TPSA) is 20.3 Å². The molecule has 3 rings (SSSR count). The van der Waals surface area contributed by atoms with Gasteiger partial charge in [0.1, 0.15) is 0 Å². The second-order valence-corrected chi connectivity index (χ2v) is 6.09. The summed E-state index contributed by atoms with van der Waals surface area (Å²) in [5, 5.41) is 0. The van der Waals surface area contributed by atoms with Crippen LogP contribution in [-0.2, 0) is 13.0 Å². The number of ketones is 1. The van der Waals surface area contributed by atoms with Crippen LogP contribution in [0.15, 0.2) is 42.5 Å². The average Bonchev–Trinajstić information content (AvgIpc) is 2.47. The van der Waals surface area contributed by atoms with E-state index in [1.807, 2.05) is 0 Å². The fourth-order valence-electron chi connectivity index (χ4n) is 3.02. The number of carbonyl (C=O) groups excluding carboxylic acids is 1. The zero-order valence-corrected chi connectivity index (χ0v) is 12.7. The van der Waals surface area contributed by atoms with Crippen LogP contribution in [0.3, 0.4) is 0 Å². The highest BCUT2D eigenvalue weighted by Crippen LogP contribution is 2.28. The first-order valence-corrected chi connectivity index (χ1v) is 7.53. The highest BCUT2D eigenvalue weighted by atomic mass is 16.1. The SMILES string of the molecule is CN(C)Cc1cccc(-c2ccc3c(c2)C(=O)CCC3)c1. The van der Waals surface area contributed by atoms with E-state index in [1.165, 1.54) is 16.7 Å². The average molecular weight is 279 g/mol. The van der Waals surface area contributed by atoms with Gasteiger partial charge in [0, 0.05) is 18.5 Å². The molecule has 0 radical (unpaired) electrons. The summed E-state index contributed by atoms with van der Waals surface area (Å²) in [6.07, 6.45) is 2.71. The molecule has 0 aliphatic heterocycles. The van der Waals surface area contributed by atoms with Crippen molar-refractivity contribution in [2.45, 2.75) is 25.8 Å². The van der Waals surface area contributed by atoms with Crippen molar-refractivity contribution >= 4 is 5.78 Å². The molecular formula is C19H21NO. The molecule has 0 spiro atoms. The molecule has 0 heterocycles. The second-order valence-electron chi connectivity index (χ2n) is 6.09. The Morgan fingerprint density at radius 3 is 2.62 bits per heavy atom. The lowest BCUT2D eigenvalue weighted by Gasteiger charge is -2.16. The van der Waals surface area contributed by atoms with Crippen molar-refractivity contribution in [3.63, 3.8) is 0 Å². The van der Waals surface area contributed by atoms with Crippen LogP contribution in [0.4, 0.5) is 0 Å². The standard InChI is InChI=1S/C19H21NO/c1-20(2)13-14-5-3-7-16(11-14)17-10-9-15-6-4-8-19(21)18(15)12-17/h3,5,7,9-12H,4,6,8,13H2,1-2H3. The van der Waals surface area contributed by atoms with Gasteiger partial charge in [0.2, 0.25) is 0 Å². The third-order valence-corrected chi connectivity index (χ3v) is 4.02. The van der Waals surface area contributed by atoms with Gasteiger partial charge in [0.05, 0.1) is 0 Å². The van der Waals surface area contributed by atoms with E-state index >= 15 is 0 Å². The minimum atomic E-state index is 0.294. The van der Waals surface area contributed by atoms with Crippen molar-refractivity contribution in [3.05, 3.63) is 59.2 Å². The molecule has 2 aromatic rings. The van der Waals surface area contributed by atoms with Gasteiger partial charge in [-0.1, -0.05) is 30.3 Å². The molecule has 2 nitrogen and oxygen atoms in total. The van der Waals surface area contributed by atoms with E-state index in [0.29, 0.717) is 12.2 Å². The molecular weight excluding hydrogens is 258 g/mol. The van der Waals surface area contributed by atoms with Gasteiger partial charge in [-0.2, -0.15) is 0 Å². The Balaban J connectivity index is 1.97. The van der Waals surface area contributed by atoms with E-state index in [4.69, 9.17) is 0 Å². The lowest BCUT2D eigenvalue weighted by atomic mass is 9.88. The minimum Gasteiger partial charge on any atom is -0.305 e. The van der Waals surface area contributed by atoms with E-state index in [-0.39, 0.29) is 0 Å². The predicted molar refractivity (Wildman–Crippen MR) is 86.5 cm³/mol. The van der Waals surface area contributed by atoms with E-state index in [1.54, 1.807) is 0 Å². The smallest absolute Gasteiger partial charge is 0.163 e. The number of Topliss-reactive ketones (excluding diaryl/α,β-unsaturated/α-hetero) is 1. The molecule has 2 heteroatoms.